The van der Waals surface area contributed by atoms with Gasteiger partial charge in [-0.15, -0.1) is 0 Å². The Morgan fingerprint density at radius 3 is 2.78 bits per heavy atom. The highest BCUT2D eigenvalue weighted by Crippen LogP contribution is 2.25. The molecule has 1 aromatic rings. The maximum atomic E-state index is 12.4. The van der Waals surface area contributed by atoms with E-state index in [9.17, 15) is 4.79 Å². The SMILES string of the molecule is CCC(CSC)N(C)C(=O)c1cccc(N)c1Cl. The summed E-state index contributed by atoms with van der Waals surface area (Å²) >= 11 is 7.81. The van der Waals surface area contributed by atoms with Gasteiger partial charge in [-0.1, -0.05) is 24.6 Å². The molecule has 0 saturated heterocycles. The molecule has 0 radical (unpaired) electrons. The Kier molecular flexibility index (Phi) is 5.82. The van der Waals surface area contributed by atoms with Gasteiger partial charge in [-0.25, -0.2) is 0 Å². The zero-order valence-electron chi connectivity index (χ0n) is 10.9. The topological polar surface area (TPSA) is 46.3 Å². The van der Waals surface area contributed by atoms with E-state index < -0.39 is 0 Å². The van der Waals surface area contributed by atoms with E-state index in [4.69, 9.17) is 17.3 Å². The van der Waals surface area contributed by atoms with Gasteiger partial charge in [0.05, 0.1) is 16.3 Å². The van der Waals surface area contributed by atoms with Crippen LogP contribution in [0.25, 0.3) is 0 Å². The predicted molar refractivity (Wildman–Crippen MR) is 80.4 cm³/mol. The summed E-state index contributed by atoms with van der Waals surface area (Å²) < 4.78 is 0. The summed E-state index contributed by atoms with van der Waals surface area (Å²) in [5.41, 5.74) is 6.63. The third kappa shape index (κ3) is 3.33. The summed E-state index contributed by atoms with van der Waals surface area (Å²) in [5, 5.41) is 0.341. The minimum Gasteiger partial charge on any atom is -0.398 e. The normalized spacial score (nSPS) is 12.2. The largest absolute Gasteiger partial charge is 0.398 e. The van der Waals surface area contributed by atoms with Gasteiger partial charge in [0.15, 0.2) is 0 Å². The second-order valence-electron chi connectivity index (χ2n) is 4.14. The van der Waals surface area contributed by atoms with E-state index in [0.717, 1.165) is 12.2 Å². The molecule has 0 aromatic heterocycles. The van der Waals surface area contributed by atoms with Crippen molar-refractivity contribution in [2.45, 2.75) is 19.4 Å². The summed E-state index contributed by atoms with van der Waals surface area (Å²) in [6.07, 6.45) is 2.96. The molecule has 0 fully saturated rings. The second kappa shape index (κ2) is 6.90. The first-order valence-electron chi connectivity index (χ1n) is 5.83. The molecule has 0 aliphatic heterocycles. The highest BCUT2D eigenvalue weighted by molar-refractivity contribution is 7.98. The van der Waals surface area contributed by atoms with Gasteiger partial charge in [0.25, 0.3) is 5.91 Å². The van der Waals surface area contributed by atoms with Crippen molar-refractivity contribution in [2.24, 2.45) is 0 Å². The molecule has 3 nitrogen and oxygen atoms in total. The van der Waals surface area contributed by atoms with Crippen LogP contribution in [0.5, 0.6) is 0 Å². The molecule has 1 amide bonds. The van der Waals surface area contributed by atoms with Crippen LogP contribution >= 0.6 is 23.4 Å². The first-order valence-corrected chi connectivity index (χ1v) is 7.60. The van der Waals surface area contributed by atoms with Crippen LogP contribution in [0.15, 0.2) is 18.2 Å². The van der Waals surface area contributed by atoms with E-state index in [-0.39, 0.29) is 11.9 Å². The number of hydrogen-bond donors (Lipinski definition) is 1. The van der Waals surface area contributed by atoms with Crippen molar-refractivity contribution in [1.82, 2.24) is 4.90 Å². The molecular weight excluding hydrogens is 268 g/mol. The summed E-state index contributed by atoms with van der Waals surface area (Å²) in [7, 11) is 1.81. The maximum absolute atomic E-state index is 12.4. The van der Waals surface area contributed by atoms with Crippen LogP contribution in [0, 0.1) is 0 Å². The van der Waals surface area contributed by atoms with Crippen molar-refractivity contribution in [3.05, 3.63) is 28.8 Å². The minimum absolute atomic E-state index is 0.0757. The fourth-order valence-electron chi connectivity index (χ4n) is 1.77. The number of nitrogens with two attached hydrogens (primary N) is 1. The molecule has 1 rings (SSSR count). The lowest BCUT2D eigenvalue weighted by atomic mass is 10.1. The van der Waals surface area contributed by atoms with Gasteiger partial charge in [0.2, 0.25) is 0 Å². The zero-order valence-corrected chi connectivity index (χ0v) is 12.5. The van der Waals surface area contributed by atoms with Crippen LogP contribution in [0.3, 0.4) is 0 Å². The molecule has 18 heavy (non-hydrogen) atoms. The molecule has 0 aliphatic rings. The molecule has 0 saturated carbocycles. The van der Waals surface area contributed by atoms with Crippen LogP contribution < -0.4 is 5.73 Å². The third-order valence-electron chi connectivity index (χ3n) is 2.96. The molecule has 5 heteroatoms. The molecule has 1 unspecified atom stereocenters. The summed E-state index contributed by atoms with van der Waals surface area (Å²) in [6.45, 7) is 2.08. The highest BCUT2D eigenvalue weighted by atomic mass is 35.5. The van der Waals surface area contributed by atoms with Crippen LogP contribution in [-0.2, 0) is 0 Å². The van der Waals surface area contributed by atoms with E-state index in [0.29, 0.717) is 16.3 Å². The number of carbonyl (C=O) groups excluding carboxylic acids is 1. The maximum Gasteiger partial charge on any atom is 0.255 e. The smallest absolute Gasteiger partial charge is 0.255 e. The Morgan fingerprint density at radius 2 is 2.22 bits per heavy atom. The number of carbonyl (C=O) groups is 1. The molecule has 0 aliphatic carbocycles. The number of nitrogen functional groups attached to an aromatic ring is 1. The molecule has 0 bridgehead atoms. The van der Waals surface area contributed by atoms with E-state index in [1.807, 2.05) is 13.3 Å². The predicted octanol–water partition coefficient (Wildman–Crippen LogP) is 3.14. The molecule has 100 valence electrons. The van der Waals surface area contributed by atoms with E-state index in [2.05, 4.69) is 6.92 Å². The van der Waals surface area contributed by atoms with Crippen LogP contribution in [0.1, 0.15) is 23.7 Å². The Balaban J connectivity index is 2.95. The first-order chi connectivity index (χ1) is 8.52. The fourth-order valence-corrected chi connectivity index (χ4v) is 2.82. The van der Waals surface area contributed by atoms with Gasteiger partial charge in [-0.2, -0.15) is 11.8 Å². The average Bonchev–Trinajstić information content (AvgIpc) is 2.37. The van der Waals surface area contributed by atoms with Crippen molar-refractivity contribution >= 4 is 35.0 Å². The van der Waals surface area contributed by atoms with E-state index in [1.165, 1.54) is 0 Å². The minimum atomic E-state index is -0.0757. The van der Waals surface area contributed by atoms with Gasteiger partial charge in [0, 0.05) is 18.8 Å². The van der Waals surface area contributed by atoms with Crippen LogP contribution in [0.2, 0.25) is 5.02 Å². The Bertz CT molecular complexity index is 425. The zero-order chi connectivity index (χ0) is 13.7. The number of halogens is 1. The van der Waals surface area contributed by atoms with Crippen LogP contribution in [0.4, 0.5) is 5.69 Å². The summed E-state index contributed by atoms with van der Waals surface area (Å²) in [6, 6.07) is 5.37. The van der Waals surface area contributed by atoms with Crippen LogP contribution in [-0.4, -0.2) is 35.9 Å². The average molecular weight is 287 g/mol. The van der Waals surface area contributed by atoms with Gasteiger partial charge in [-0.05, 0) is 24.8 Å². The van der Waals surface area contributed by atoms with Crippen molar-refractivity contribution < 1.29 is 4.79 Å². The lowest BCUT2D eigenvalue weighted by Gasteiger charge is -2.27. The van der Waals surface area contributed by atoms with E-state index >= 15 is 0 Å². The van der Waals surface area contributed by atoms with Crippen molar-refractivity contribution in [3.8, 4) is 0 Å². The summed E-state index contributed by atoms with van der Waals surface area (Å²) in [5.74, 6) is 0.840. The van der Waals surface area contributed by atoms with Gasteiger partial charge in [0.1, 0.15) is 0 Å². The standard InChI is InChI=1S/C13H19ClN2OS/c1-4-9(8-18-3)16(2)13(17)10-6-5-7-11(15)12(10)14/h5-7,9H,4,8,15H2,1-3H3. The molecule has 1 atom stereocenters. The second-order valence-corrected chi connectivity index (χ2v) is 5.43. The molecule has 1 aromatic carbocycles. The van der Waals surface area contributed by atoms with Crippen molar-refractivity contribution in [1.29, 1.82) is 0 Å². The molecule has 0 spiro atoms. The number of benzene rings is 1. The Labute approximate surface area is 118 Å². The van der Waals surface area contributed by atoms with Crippen molar-refractivity contribution in [2.75, 3.05) is 24.8 Å². The summed E-state index contributed by atoms with van der Waals surface area (Å²) in [4.78, 5) is 14.1. The highest BCUT2D eigenvalue weighted by Gasteiger charge is 2.21. The molecule has 2 N–H and O–H groups in total. The lowest BCUT2D eigenvalue weighted by molar-refractivity contribution is 0.0744. The number of hydrogen-bond acceptors (Lipinski definition) is 3. The number of nitrogens with zero attached hydrogens (tertiary/aromatic N) is 1. The number of thioether (sulfide) groups is 1. The van der Waals surface area contributed by atoms with E-state index in [1.54, 1.807) is 34.9 Å². The van der Waals surface area contributed by atoms with Gasteiger partial charge < -0.3 is 10.6 Å². The Morgan fingerprint density at radius 1 is 1.56 bits per heavy atom. The first kappa shape index (κ1) is 15.2. The molecule has 0 heterocycles. The lowest BCUT2D eigenvalue weighted by Crippen LogP contribution is -2.38. The Hall–Kier alpha value is -0.870. The number of amides is 1. The third-order valence-corrected chi connectivity index (χ3v) is 4.10. The molecular formula is C13H19ClN2OS. The monoisotopic (exact) mass is 286 g/mol. The van der Waals surface area contributed by atoms with Gasteiger partial charge >= 0.3 is 0 Å². The quantitative estimate of drug-likeness (QED) is 0.846. The van der Waals surface area contributed by atoms with Gasteiger partial charge in [-0.3, -0.25) is 4.79 Å². The van der Waals surface area contributed by atoms with Crippen molar-refractivity contribution in [3.63, 3.8) is 0 Å². The fraction of sp³-hybridized carbons (Fsp3) is 0.462. The number of rotatable bonds is 5. The number of anilines is 1.